The lowest BCUT2D eigenvalue weighted by atomic mass is 10.1. The van der Waals surface area contributed by atoms with E-state index in [1.165, 1.54) is 40.2 Å². The minimum absolute atomic E-state index is 0.0592. The largest absolute Gasteiger partial charge is 0.573 e. The Hall–Kier alpha value is -4.85. The van der Waals surface area contributed by atoms with E-state index in [9.17, 15) is 22.8 Å². The average Bonchev–Trinajstić information content (AvgIpc) is 3.65. The van der Waals surface area contributed by atoms with Gasteiger partial charge in [0, 0.05) is 12.0 Å². The van der Waals surface area contributed by atoms with E-state index in [2.05, 4.69) is 19.8 Å². The van der Waals surface area contributed by atoms with Crippen LogP contribution in [0.3, 0.4) is 0 Å². The number of aryl methyl sites for hydroxylation is 1. The van der Waals surface area contributed by atoms with Gasteiger partial charge in [-0.25, -0.2) is 14.5 Å². The highest BCUT2D eigenvalue weighted by molar-refractivity contribution is 8.15. The van der Waals surface area contributed by atoms with Crippen LogP contribution in [0.2, 0.25) is 0 Å². The summed E-state index contributed by atoms with van der Waals surface area (Å²) in [4.78, 5) is 35.2. The Balaban J connectivity index is 1.17. The van der Waals surface area contributed by atoms with Crippen LogP contribution in [-0.2, 0) is 16.0 Å². The number of amides is 2. The summed E-state index contributed by atoms with van der Waals surface area (Å²) in [5.74, 6) is 0.567. The predicted molar refractivity (Wildman–Crippen MR) is 167 cm³/mol. The number of amidine groups is 1. The number of hydrogen-bond donors (Lipinski definition) is 0. The van der Waals surface area contributed by atoms with Crippen molar-refractivity contribution in [3.05, 3.63) is 84.2 Å². The molecule has 1 aromatic heterocycles. The molecular weight excluding hydrogens is 623 g/mol. The average molecular weight is 654 g/mol. The molecule has 0 bridgehead atoms. The third-order valence-electron chi connectivity index (χ3n) is 6.87. The van der Waals surface area contributed by atoms with Crippen molar-refractivity contribution in [2.45, 2.75) is 46.1 Å². The molecule has 14 heteroatoms. The molecule has 1 saturated heterocycles. The van der Waals surface area contributed by atoms with Gasteiger partial charge in [-0.3, -0.25) is 9.69 Å². The van der Waals surface area contributed by atoms with Crippen LogP contribution in [-0.4, -0.2) is 56.8 Å². The maximum atomic E-state index is 12.8. The van der Waals surface area contributed by atoms with Crippen molar-refractivity contribution in [2.24, 2.45) is 4.99 Å². The fourth-order valence-electron chi connectivity index (χ4n) is 4.39. The molecule has 5 rings (SSSR count). The van der Waals surface area contributed by atoms with Gasteiger partial charge in [0.2, 0.25) is 5.91 Å². The zero-order valence-corrected chi connectivity index (χ0v) is 26.0. The normalized spacial score (nSPS) is 14.9. The second-order valence-electron chi connectivity index (χ2n) is 10.3. The van der Waals surface area contributed by atoms with Crippen molar-refractivity contribution in [3.63, 3.8) is 0 Å². The molecule has 4 aromatic rings. The molecular formula is C32H30F3N5O5S. The van der Waals surface area contributed by atoms with Crippen LogP contribution < -0.4 is 14.4 Å². The van der Waals surface area contributed by atoms with Gasteiger partial charge in [-0.2, -0.15) is 4.99 Å². The summed E-state index contributed by atoms with van der Waals surface area (Å²) < 4.78 is 54.0. The standard InChI is InChI=1S/C32H30F3N5O5S/c1-4-21(3)44-27-14-5-20(2)17-26(27)40-28(41)18-46-30(40)37-31(42)43-16-15-22-6-8-23(9-7-22)29-36-19-39(38-29)24-10-12-25(13-11-24)45-32(33,34)35/h5-14,17,19,21H,4,15-16,18H2,1-3H3. The number of alkyl halides is 3. The summed E-state index contributed by atoms with van der Waals surface area (Å²) in [6, 6.07) is 18.2. The third kappa shape index (κ3) is 8.24. The molecule has 0 spiro atoms. The van der Waals surface area contributed by atoms with Gasteiger partial charge in [0.05, 0.1) is 29.8 Å². The van der Waals surface area contributed by atoms with E-state index >= 15 is 0 Å². The summed E-state index contributed by atoms with van der Waals surface area (Å²) in [5.41, 5.74) is 3.59. The first kappa shape index (κ1) is 32.5. The fourth-order valence-corrected chi connectivity index (χ4v) is 5.24. The minimum atomic E-state index is -4.77. The Labute approximate surface area is 267 Å². The smallest absolute Gasteiger partial charge is 0.489 e. The Morgan fingerprint density at radius 3 is 2.52 bits per heavy atom. The van der Waals surface area contributed by atoms with Crippen LogP contribution in [0.4, 0.5) is 23.7 Å². The minimum Gasteiger partial charge on any atom is -0.489 e. The number of anilines is 1. The molecule has 0 saturated carbocycles. The molecule has 240 valence electrons. The van der Waals surface area contributed by atoms with Crippen LogP contribution in [0.5, 0.6) is 11.5 Å². The van der Waals surface area contributed by atoms with Crippen molar-refractivity contribution in [3.8, 4) is 28.6 Å². The van der Waals surface area contributed by atoms with Crippen molar-refractivity contribution >= 4 is 34.6 Å². The number of halogens is 3. The highest BCUT2D eigenvalue weighted by Gasteiger charge is 2.33. The first-order valence-electron chi connectivity index (χ1n) is 14.3. The van der Waals surface area contributed by atoms with Gasteiger partial charge >= 0.3 is 12.5 Å². The summed E-state index contributed by atoms with van der Waals surface area (Å²) in [6.07, 6.45) is -2.96. The number of carbonyl (C=O) groups excluding carboxylic acids is 2. The van der Waals surface area contributed by atoms with Crippen molar-refractivity contribution < 1.29 is 37.0 Å². The highest BCUT2D eigenvalue weighted by Crippen LogP contribution is 2.36. The second kappa shape index (κ2) is 14.1. The summed E-state index contributed by atoms with van der Waals surface area (Å²) in [7, 11) is 0. The Bertz CT molecular complexity index is 1730. The fraction of sp³-hybridized carbons (Fsp3) is 0.281. The number of carbonyl (C=O) groups is 2. The van der Waals surface area contributed by atoms with Gasteiger partial charge in [0.25, 0.3) is 0 Å². The van der Waals surface area contributed by atoms with E-state index in [-0.39, 0.29) is 35.3 Å². The number of ether oxygens (including phenoxy) is 3. The molecule has 1 fully saturated rings. The molecule has 0 aliphatic carbocycles. The number of thioether (sulfide) groups is 1. The van der Waals surface area contributed by atoms with E-state index < -0.39 is 12.5 Å². The molecule has 0 N–H and O–H groups in total. The Morgan fingerprint density at radius 1 is 1.09 bits per heavy atom. The molecule has 3 aromatic carbocycles. The van der Waals surface area contributed by atoms with E-state index in [0.717, 1.165) is 34.9 Å². The van der Waals surface area contributed by atoms with E-state index in [1.54, 1.807) is 0 Å². The van der Waals surface area contributed by atoms with Gasteiger partial charge in [0.15, 0.2) is 11.0 Å². The summed E-state index contributed by atoms with van der Waals surface area (Å²) in [5, 5.41) is 4.63. The van der Waals surface area contributed by atoms with E-state index in [1.807, 2.05) is 63.2 Å². The lowest BCUT2D eigenvalue weighted by Crippen LogP contribution is -2.31. The van der Waals surface area contributed by atoms with Crippen LogP contribution in [0.15, 0.2) is 78.0 Å². The molecule has 0 radical (unpaired) electrons. The van der Waals surface area contributed by atoms with E-state index in [0.29, 0.717) is 29.4 Å². The molecule has 1 atom stereocenters. The lowest BCUT2D eigenvalue weighted by molar-refractivity contribution is -0.274. The number of hydrogen-bond acceptors (Lipinski definition) is 8. The first-order valence-corrected chi connectivity index (χ1v) is 15.3. The number of benzene rings is 3. The van der Waals surface area contributed by atoms with Crippen LogP contribution in [0.25, 0.3) is 17.1 Å². The van der Waals surface area contributed by atoms with Gasteiger partial charge < -0.3 is 14.2 Å². The molecule has 1 aliphatic heterocycles. The van der Waals surface area contributed by atoms with Crippen LogP contribution >= 0.6 is 11.8 Å². The SMILES string of the molecule is CCC(C)Oc1ccc(C)cc1N1C(=O)CSC1=NC(=O)OCCc1ccc(-c2ncn(-c3ccc(OC(F)(F)F)cc3)n2)cc1. The zero-order chi connectivity index (χ0) is 32.8. The van der Waals surface area contributed by atoms with E-state index in [4.69, 9.17) is 9.47 Å². The van der Waals surface area contributed by atoms with Crippen molar-refractivity contribution in [1.82, 2.24) is 14.8 Å². The van der Waals surface area contributed by atoms with Gasteiger partial charge in [0.1, 0.15) is 17.8 Å². The van der Waals surface area contributed by atoms with Gasteiger partial charge in [-0.1, -0.05) is 49.0 Å². The number of aromatic nitrogens is 3. The first-order chi connectivity index (χ1) is 22.0. The van der Waals surface area contributed by atoms with Crippen LogP contribution in [0.1, 0.15) is 31.4 Å². The second-order valence-corrected chi connectivity index (χ2v) is 11.3. The zero-order valence-electron chi connectivity index (χ0n) is 25.2. The molecule has 46 heavy (non-hydrogen) atoms. The molecule has 10 nitrogen and oxygen atoms in total. The van der Waals surface area contributed by atoms with Crippen molar-refractivity contribution in [2.75, 3.05) is 17.3 Å². The highest BCUT2D eigenvalue weighted by atomic mass is 32.2. The van der Waals surface area contributed by atoms with Gasteiger partial charge in [-0.05, 0) is 67.8 Å². The topological polar surface area (TPSA) is 108 Å². The molecule has 1 aliphatic rings. The number of nitrogens with zero attached hydrogens (tertiary/aromatic N) is 5. The third-order valence-corrected chi connectivity index (χ3v) is 7.79. The quantitative estimate of drug-likeness (QED) is 0.178. The van der Waals surface area contributed by atoms with Gasteiger partial charge in [-0.15, -0.1) is 18.3 Å². The predicted octanol–water partition coefficient (Wildman–Crippen LogP) is 7.13. The Kier molecular flexibility index (Phi) is 9.95. The maximum absolute atomic E-state index is 12.8. The molecule has 1 unspecified atom stereocenters. The van der Waals surface area contributed by atoms with Crippen LogP contribution in [0, 0.1) is 6.92 Å². The summed E-state index contributed by atoms with van der Waals surface area (Å²) in [6.45, 7) is 5.93. The Morgan fingerprint density at radius 2 is 1.83 bits per heavy atom. The lowest BCUT2D eigenvalue weighted by Gasteiger charge is -2.22. The molecule has 2 heterocycles. The maximum Gasteiger partial charge on any atom is 0.573 e. The number of rotatable bonds is 10. The monoisotopic (exact) mass is 653 g/mol. The van der Waals surface area contributed by atoms with Crippen molar-refractivity contribution in [1.29, 1.82) is 0 Å². The molecule has 2 amide bonds. The number of aliphatic imine (C=N–C) groups is 1. The summed E-state index contributed by atoms with van der Waals surface area (Å²) >= 11 is 1.16.